The summed E-state index contributed by atoms with van der Waals surface area (Å²) in [5, 5.41) is 0. The molecule has 0 aromatic carbocycles. The summed E-state index contributed by atoms with van der Waals surface area (Å²) in [5.41, 5.74) is 0. The van der Waals surface area contributed by atoms with Gasteiger partial charge in [-0.05, 0) is 6.42 Å². The second-order valence-corrected chi connectivity index (χ2v) is 5.12. The molecule has 4 heteroatoms. The third kappa shape index (κ3) is 0.466. The Hall–Kier alpha value is -0.610. The number of hydrogen-bond donors (Lipinski definition) is 0. The van der Waals surface area contributed by atoms with Crippen LogP contribution in [0.2, 0.25) is 0 Å². The minimum absolute atomic E-state index is 0.0772. The Labute approximate surface area is 80.5 Å². The van der Waals surface area contributed by atoms with E-state index in [-0.39, 0.29) is 42.4 Å². The fourth-order valence-electron chi connectivity index (χ4n) is 4.03. The molecule has 0 aromatic rings. The van der Waals surface area contributed by atoms with E-state index in [4.69, 9.17) is 14.2 Å². The van der Waals surface area contributed by atoms with Crippen molar-refractivity contribution >= 4 is 5.97 Å². The van der Waals surface area contributed by atoms with Crippen LogP contribution in [0.4, 0.5) is 0 Å². The molecule has 74 valence electrons. The summed E-state index contributed by atoms with van der Waals surface area (Å²) >= 11 is 0. The van der Waals surface area contributed by atoms with Crippen LogP contribution in [0.3, 0.4) is 0 Å². The van der Waals surface area contributed by atoms with Crippen LogP contribution in [0.15, 0.2) is 0 Å². The van der Waals surface area contributed by atoms with Crippen molar-refractivity contribution in [3.63, 3.8) is 0 Å². The van der Waals surface area contributed by atoms with Crippen LogP contribution in [0.1, 0.15) is 6.42 Å². The third-order valence-corrected chi connectivity index (χ3v) is 4.74. The summed E-state index contributed by atoms with van der Waals surface area (Å²) in [6.45, 7) is 0. The van der Waals surface area contributed by atoms with Gasteiger partial charge in [-0.25, -0.2) is 0 Å². The molecule has 6 aliphatic rings. The highest BCUT2D eigenvalue weighted by molar-refractivity contribution is 5.77. The van der Waals surface area contributed by atoms with Gasteiger partial charge in [0, 0.05) is 11.8 Å². The summed E-state index contributed by atoms with van der Waals surface area (Å²) in [6, 6.07) is 0. The standard InChI is InChI=1S/C10H10O4/c11-10-4-5-2-1-3-7(12-5)9(14-10)8(3)13-6(2)4/h2-9H,1H2. The first-order valence-corrected chi connectivity index (χ1v) is 5.36. The van der Waals surface area contributed by atoms with Crippen LogP contribution in [0.25, 0.3) is 0 Å². The molecule has 4 atom stereocenters. The maximum atomic E-state index is 11.7. The van der Waals surface area contributed by atoms with E-state index in [0.29, 0.717) is 11.8 Å². The number of fused-ring (bicyclic) bond motifs is 1. The van der Waals surface area contributed by atoms with Crippen molar-refractivity contribution in [1.29, 1.82) is 0 Å². The largest absolute Gasteiger partial charge is 0.456 e. The quantitative estimate of drug-likeness (QED) is 0.497. The molecule has 0 N–H and O–H groups in total. The maximum Gasteiger partial charge on any atom is 0.314 e. The fraction of sp³-hybridized carbons (Fsp3) is 0.900. The van der Waals surface area contributed by atoms with Crippen LogP contribution < -0.4 is 0 Å². The topological polar surface area (TPSA) is 44.8 Å². The normalized spacial score (nSPS) is 70.7. The Morgan fingerprint density at radius 2 is 1.57 bits per heavy atom. The average molecular weight is 194 g/mol. The molecule has 8 bridgehead atoms. The monoisotopic (exact) mass is 194 g/mol. The SMILES string of the molecule is O=C1OC2C3OC4C5CC3C2OC5C14. The molecule has 4 unspecified atom stereocenters. The number of esters is 1. The number of carbonyl (C=O) groups is 1. The van der Waals surface area contributed by atoms with E-state index >= 15 is 0 Å². The smallest absolute Gasteiger partial charge is 0.314 e. The van der Waals surface area contributed by atoms with Gasteiger partial charge in [0.05, 0.1) is 12.2 Å². The summed E-state index contributed by atoms with van der Waals surface area (Å²) < 4.78 is 17.2. The van der Waals surface area contributed by atoms with Gasteiger partial charge < -0.3 is 14.2 Å². The molecule has 0 spiro atoms. The molecule has 4 saturated heterocycles. The zero-order chi connectivity index (χ0) is 9.02. The molecule has 4 nitrogen and oxygen atoms in total. The second kappa shape index (κ2) is 1.74. The van der Waals surface area contributed by atoms with Gasteiger partial charge in [0.1, 0.15) is 18.1 Å². The number of carbonyl (C=O) groups excluding carboxylic acids is 1. The van der Waals surface area contributed by atoms with Crippen molar-refractivity contribution in [2.45, 2.75) is 36.9 Å². The van der Waals surface area contributed by atoms with Crippen molar-refractivity contribution in [1.82, 2.24) is 0 Å². The van der Waals surface area contributed by atoms with Crippen LogP contribution in [0, 0.1) is 17.8 Å². The number of rotatable bonds is 0. The lowest BCUT2D eigenvalue weighted by atomic mass is 9.56. The highest BCUT2D eigenvalue weighted by Gasteiger charge is 2.74. The van der Waals surface area contributed by atoms with E-state index in [1.54, 1.807) is 0 Å². The van der Waals surface area contributed by atoms with Gasteiger partial charge in [-0.3, -0.25) is 4.79 Å². The molecule has 0 amide bonds. The van der Waals surface area contributed by atoms with Crippen LogP contribution in [-0.2, 0) is 19.0 Å². The van der Waals surface area contributed by atoms with Crippen LogP contribution >= 0.6 is 0 Å². The summed E-state index contributed by atoms with van der Waals surface area (Å²) in [4.78, 5) is 11.7. The van der Waals surface area contributed by atoms with Gasteiger partial charge in [0.25, 0.3) is 0 Å². The number of hydrogen-bond acceptors (Lipinski definition) is 4. The van der Waals surface area contributed by atoms with E-state index in [2.05, 4.69) is 0 Å². The molecule has 4 heterocycles. The average Bonchev–Trinajstić information content (AvgIpc) is 2.16. The Morgan fingerprint density at radius 3 is 2.29 bits per heavy atom. The Balaban J connectivity index is 1.74. The van der Waals surface area contributed by atoms with E-state index in [0.717, 1.165) is 0 Å². The number of ether oxygens (including phenoxy) is 3. The first-order valence-electron chi connectivity index (χ1n) is 5.36. The fourth-order valence-corrected chi connectivity index (χ4v) is 4.03. The highest BCUT2D eigenvalue weighted by Crippen LogP contribution is 2.62. The lowest BCUT2D eigenvalue weighted by Gasteiger charge is -2.64. The van der Waals surface area contributed by atoms with Gasteiger partial charge in [-0.2, -0.15) is 0 Å². The molecule has 2 saturated carbocycles. The predicted molar refractivity (Wildman–Crippen MR) is 42.3 cm³/mol. The molecule has 0 radical (unpaired) electrons. The molecule has 2 aliphatic carbocycles. The molecular weight excluding hydrogens is 184 g/mol. The van der Waals surface area contributed by atoms with Crippen molar-refractivity contribution in [2.24, 2.45) is 17.8 Å². The molecule has 14 heavy (non-hydrogen) atoms. The van der Waals surface area contributed by atoms with Gasteiger partial charge in [-0.15, -0.1) is 0 Å². The van der Waals surface area contributed by atoms with Gasteiger partial charge in [-0.1, -0.05) is 0 Å². The Kier molecular flexibility index (Phi) is 0.845. The maximum absolute atomic E-state index is 11.7. The lowest BCUT2D eigenvalue weighted by molar-refractivity contribution is -0.367. The summed E-state index contributed by atoms with van der Waals surface area (Å²) in [6.07, 6.45) is 1.62. The predicted octanol–water partition coefficient (Wildman–Crippen LogP) is -0.288. The van der Waals surface area contributed by atoms with Crippen molar-refractivity contribution in [2.75, 3.05) is 0 Å². The lowest BCUT2D eigenvalue weighted by Crippen LogP contribution is -2.76. The summed E-state index contributed by atoms with van der Waals surface area (Å²) in [5.74, 6) is 0.791. The van der Waals surface area contributed by atoms with Gasteiger partial charge in [0.15, 0.2) is 6.10 Å². The second-order valence-electron chi connectivity index (χ2n) is 5.12. The van der Waals surface area contributed by atoms with Crippen LogP contribution in [0.5, 0.6) is 0 Å². The molecule has 0 aromatic heterocycles. The molecule has 6 rings (SSSR count). The molecular formula is C10H10O4. The first kappa shape index (κ1) is 6.80. The highest BCUT2D eigenvalue weighted by atomic mass is 16.6. The van der Waals surface area contributed by atoms with Gasteiger partial charge >= 0.3 is 5.97 Å². The zero-order valence-electron chi connectivity index (χ0n) is 7.46. The minimum atomic E-state index is -0.112. The van der Waals surface area contributed by atoms with Crippen LogP contribution in [-0.4, -0.2) is 36.5 Å². The summed E-state index contributed by atoms with van der Waals surface area (Å²) in [7, 11) is 0. The zero-order valence-corrected chi connectivity index (χ0v) is 7.46. The molecule has 4 aliphatic heterocycles. The minimum Gasteiger partial charge on any atom is -0.456 e. The van der Waals surface area contributed by atoms with Crippen molar-refractivity contribution in [3.8, 4) is 0 Å². The first-order chi connectivity index (χ1) is 6.84. The van der Waals surface area contributed by atoms with Gasteiger partial charge in [0.2, 0.25) is 0 Å². The Bertz CT molecular complexity index is 332. The van der Waals surface area contributed by atoms with E-state index in [1.165, 1.54) is 6.42 Å². The Morgan fingerprint density at radius 1 is 0.929 bits per heavy atom. The van der Waals surface area contributed by atoms with E-state index in [9.17, 15) is 4.79 Å². The van der Waals surface area contributed by atoms with Crippen molar-refractivity contribution in [3.05, 3.63) is 0 Å². The van der Waals surface area contributed by atoms with Crippen molar-refractivity contribution < 1.29 is 19.0 Å². The van der Waals surface area contributed by atoms with E-state index in [1.807, 2.05) is 0 Å². The van der Waals surface area contributed by atoms with E-state index < -0.39 is 0 Å². The third-order valence-electron chi connectivity index (χ3n) is 4.74. The molecule has 6 fully saturated rings.